The Morgan fingerprint density at radius 2 is 1.77 bits per heavy atom. The molecule has 0 N–H and O–H groups in total. The molecule has 1 atom stereocenters. The van der Waals surface area contributed by atoms with Crippen LogP contribution >= 0.6 is 0 Å². The molecule has 13 heavy (non-hydrogen) atoms. The van der Waals surface area contributed by atoms with Gasteiger partial charge in [0.25, 0.3) is 0 Å². The van der Waals surface area contributed by atoms with E-state index in [0.717, 1.165) is 38.5 Å². The maximum Gasteiger partial charge on any atom is 0.0655 e. The molecule has 2 nitrogen and oxygen atoms in total. The second-order valence-electron chi connectivity index (χ2n) is 3.37. The maximum atomic E-state index is 8.79. The summed E-state index contributed by atoms with van der Waals surface area (Å²) < 4.78 is 0. The molecule has 0 saturated carbocycles. The lowest BCUT2D eigenvalue weighted by molar-refractivity contribution is 0.502. The molecule has 0 aromatic rings. The zero-order chi connectivity index (χ0) is 9.94. The van der Waals surface area contributed by atoms with E-state index in [4.69, 9.17) is 10.5 Å². The molecule has 0 aliphatic rings. The molecule has 0 radical (unpaired) electrons. The topological polar surface area (TPSA) is 47.6 Å². The van der Waals surface area contributed by atoms with Crippen LogP contribution in [0.3, 0.4) is 0 Å². The van der Waals surface area contributed by atoms with E-state index >= 15 is 0 Å². The van der Waals surface area contributed by atoms with Crippen molar-refractivity contribution in [3.8, 4) is 12.1 Å². The van der Waals surface area contributed by atoms with Crippen molar-refractivity contribution >= 4 is 0 Å². The summed E-state index contributed by atoms with van der Waals surface area (Å²) in [6, 6.07) is 4.45. The Hall–Kier alpha value is -1.02. The van der Waals surface area contributed by atoms with Gasteiger partial charge in [-0.3, -0.25) is 0 Å². The summed E-state index contributed by atoms with van der Waals surface area (Å²) in [5.74, 6) is 0.221. The Kier molecular flexibility index (Phi) is 8.36. The molecule has 2 heteroatoms. The van der Waals surface area contributed by atoms with Gasteiger partial charge in [-0.1, -0.05) is 26.2 Å². The third-order valence-electron chi connectivity index (χ3n) is 2.18. The van der Waals surface area contributed by atoms with Crippen LogP contribution in [0.2, 0.25) is 0 Å². The van der Waals surface area contributed by atoms with Crippen molar-refractivity contribution < 1.29 is 0 Å². The average Bonchev–Trinajstić information content (AvgIpc) is 2.17. The van der Waals surface area contributed by atoms with Crippen LogP contribution < -0.4 is 0 Å². The van der Waals surface area contributed by atoms with Crippen LogP contribution in [0.25, 0.3) is 0 Å². The van der Waals surface area contributed by atoms with Crippen molar-refractivity contribution in [3.63, 3.8) is 0 Å². The minimum Gasteiger partial charge on any atom is -0.198 e. The molecule has 0 heterocycles. The van der Waals surface area contributed by atoms with Gasteiger partial charge in [-0.15, -0.1) is 0 Å². The van der Waals surface area contributed by atoms with Gasteiger partial charge in [-0.2, -0.15) is 10.5 Å². The van der Waals surface area contributed by atoms with Crippen LogP contribution in [0.15, 0.2) is 0 Å². The largest absolute Gasteiger partial charge is 0.198 e. The first-order chi connectivity index (χ1) is 6.35. The van der Waals surface area contributed by atoms with E-state index in [0.29, 0.717) is 6.42 Å². The number of unbranched alkanes of at least 4 members (excludes halogenated alkanes) is 3. The van der Waals surface area contributed by atoms with Crippen LogP contribution in [0, 0.1) is 28.6 Å². The minimum absolute atomic E-state index is 0.221. The van der Waals surface area contributed by atoms with E-state index in [1.165, 1.54) is 0 Å². The third-order valence-corrected chi connectivity index (χ3v) is 2.18. The Morgan fingerprint density at radius 1 is 1.08 bits per heavy atom. The van der Waals surface area contributed by atoms with Crippen LogP contribution in [0.5, 0.6) is 0 Å². The number of nitrogens with zero attached hydrogens (tertiary/aromatic N) is 2. The van der Waals surface area contributed by atoms with E-state index < -0.39 is 0 Å². The first kappa shape index (κ1) is 12.0. The van der Waals surface area contributed by atoms with Gasteiger partial charge in [0.2, 0.25) is 0 Å². The van der Waals surface area contributed by atoms with Crippen LogP contribution in [0.4, 0.5) is 0 Å². The summed E-state index contributed by atoms with van der Waals surface area (Å²) >= 11 is 0. The van der Waals surface area contributed by atoms with E-state index in [2.05, 4.69) is 19.1 Å². The Bertz CT molecular complexity index is 185. The standard InChI is InChI=1S/C11H18N2/c1-2-3-7-11(10-13)8-5-4-6-9-12/h11H,2-8H2,1H3. The summed E-state index contributed by atoms with van der Waals surface area (Å²) in [6.07, 6.45) is 6.91. The van der Waals surface area contributed by atoms with Crippen LogP contribution in [-0.4, -0.2) is 0 Å². The van der Waals surface area contributed by atoms with Gasteiger partial charge in [0.05, 0.1) is 12.1 Å². The third kappa shape index (κ3) is 7.34. The van der Waals surface area contributed by atoms with E-state index in [1.54, 1.807) is 0 Å². The smallest absolute Gasteiger partial charge is 0.0655 e. The van der Waals surface area contributed by atoms with Crippen LogP contribution in [0.1, 0.15) is 51.9 Å². The quantitative estimate of drug-likeness (QED) is 0.561. The fraction of sp³-hybridized carbons (Fsp3) is 0.818. The Morgan fingerprint density at radius 3 is 2.31 bits per heavy atom. The van der Waals surface area contributed by atoms with Gasteiger partial charge in [0, 0.05) is 12.3 Å². The fourth-order valence-electron chi connectivity index (χ4n) is 1.32. The lowest BCUT2D eigenvalue weighted by atomic mass is 9.97. The highest BCUT2D eigenvalue weighted by atomic mass is 14.3. The molecule has 0 aromatic carbocycles. The molecule has 0 saturated heterocycles. The van der Waals surface area contributed by atoms with E-state index in [-0.39, 0.29) is 5.92 Å². The molecule has 0 spiro atoms. The van der Waals surface area contributed by atoms with Gasteiger partial charge >= 0.3 is 0 Å². The molecule has 0 fully saturated rings. The second-order valence-corrected chi connectivity index (χ2v) is 3.37. The molecule has 0 aliphatic carbocycles. The monoisotopic (exact) mass is 178 g/mol. The van der Waals surface area contributed by atoms with E-state index in [9.17, 15) is 0 Å². The molecular formula is C11H18N2. The van der Waals surface area contributed by atoms with Gasteiger partial charge in [-0.05, 0) is 19.3 Å². The zero-order valence-corrected chi connectivity index (χ0v) is 8.42. The molecule has 0 aliphatic heterocycles. The number of rotatable bonds is 7. The van der Waals surface area contributed by atoms with E-state index in [1.807, 2.05) is 0 Å². The van der Waals surface area contributed by atoms with Crippen molar-refractivity contribution in [2.24, 2.45) is 5.92 Å². The van der Waals surface area contributed by atoms with Gasteiger partial charge < -0.3 is 0 Å². The summed E-state index contributed by atoms with van der Waals surface area (Å²) in [5.41, 5.74) is 0. The molecule has 1 unspecified atom stereocenters. The molecule has 0 bridgehead atoms. The Balaban J connectivity index is 3.39. The lowest BCUT2D eigenvalue weighted by Gasteiger charge is -2.06. The highest BCUT2D eigenvalue weighted by Gasteiger charge is 2.05. The molecule has 0 amide bonds. The van der Waals surface area contributed by atoms with Gasteiger partial charge in [0.1, 0.15) is 0 Å². The molecular weight excluding hydrogens is 160 g/mol. The lowest BCUT2D eigenvalue weighted by Crippen LogP contribution is -1.96. The molecule has 0 aromatic heterocycles. The van der Waals surface area contributed by atoms with Crippen LogP contribution in [-0.2, 0) is 0 Å². The summed E-state index contributed by atoms with van der Waals surface area (Å²) in [5, 5.41) is 17.1. The Labute approximate surface area is 81.2 Å². The number of hydrogen-bond acceptors (Lipinski definition) is 2. The number of hydrogen-bond donors (Lipinski definition) is 0. The zero-order valence-electron chi connectivity index (χ0n) is 8.42. The van der Waals surface area contributed by atoms with Crippen molar-refractivity contribution in [1.82, 2.24) is 0 Å². The summed E-state index contributed by atoms with van der Waals surface area (Å²) in [4.78, 5) is 0. The average molecular weight is 178 g/mol. The summed E-state index contributed by atoms with van der Waals surface area (Å²) in [6.45, 7) is 2.14. The second kappa shape index (κ2) is 9.07. The predicted molar refractivity (Wildman–Crippen MR) is 52.7 cm³/mol. The predicted octanol–water partition coefficient (Wildman–Crippen LogP) is 3.40. The molecule has 0 rings (SSSR count). The first-order valence-electron chi connectivity index (χ1n) is 5.11. The highest BCUT2D eigenvalue weighted by molar-refractivity contribution is 4.82. The fourth-order valence-corrected chi connectivity index (χ4v) is 1.32. The summed E-state index contributed by atoms with van der Waals surface area (Å²) in [7, 11) is 0. The molecule has 72 valence electrons. The van der Waals surface area contributed by atoms with Crippen molar-refractivity contribution in [2.75, 3.05) is 0 Å². The first-order valence-corrected chi connectivity index (χ1v) is 5.11. The van der Waals surface area contributed by atoms with Crippen molar-refractivity contribution in [3.05, 3.63) is 0 Å². The SMILES string of the molecule is CCCCC(C#N)CCCCC#N. The number of nitriles is 2. The normalized spacial score (nSPS) is 11.6. The van der Waals surface area contributed by atoms with Gasteiger partial charge in [0.15, 0.2) is 0 Å². The highest BCUT2D eigenvalue weighted by Crippen LogP contribution is 2.15. The van der Waals surface area contributed by atoms with Crippen molar-refractivity contribution in [1.29, 1.82) is 10.5 Å². The van der Waals surface area contributed by atoms with Gasteiger partial charge in [-0.25, -0.2) is 0 Å². The maximum absolute atomic E-state index is 8.79. The van der Waals surface area contributed by atoms with Crippen molar-refractivity contribution in [2.45, 2.75) is 51.9 Å². The minimum atomic E-state index is 0.221.